The van der Waals surface area contributed by atoms with E-state index >= 15 is 0 Å². The molecule has 174 valence electrons. The molecule has 0 amide bonds. The van der Waals surface area contributed by atoms with Gasteiger partial charge in [0, 0.05) is 17.3 Å². The average molecular weight is 483 g/mol. The van der Waals surface area contributed by atoms with E-state index in [4.69, 9.17) is 31.2 Å². The molecule has 7 nitrogen and oxygen atoms in total. The van der Waals surface area contributed by atoms with E-state index < -0.39 is 0 Å². The molecule has 2 aliphatic heterocycles. The zero-order chi connectivity index (χ0) is 23.9. The van der Waals surface area contributed by atoms with Gasteiger partial charge in [0.05, 0.1) is 17.3 Å². The number of rotatable bonds is 4. The molecule has 0 bridgehead atoms. The molecule has 0 spiro atoms. The summed E-state index contributed by atoms with van der Waals surface area (Å²) in [6.45, 7) is 4.29. The van der Waals surface area contributed by atoms with Crippen molar-refractivity contribution in [2.45, 2.75) is 19.9 Å². The third-order valence-corrected chi connectivity index (χ3v) is 6.50. The topological polar surface area (TPSA) is 72.7 Å². The lowest BCUT2D eigenvalue weighted by Gasteiger charge is -2.37. The van der Waals surface area contributed by atoms with Gasteiger partial charge in [0.1, 0.15) is 0 Å². The van der Waals surface area contributed by atoms with Gasteiger partial charge in [-0.1, -0.05) is 65.3 Å². The number of nitrogens with zero attached hydrogens (tertiary/aromatic N) is 3. The highest BCUT2D eigenvalue weighted by Gasteiger charge is 2.35. The zero-order valence-electron chi connectivity index (χ0n) is 19.2. The number of thiocarbonyl (C=S) groups is 1. The molecule has 0 aliphatic carbocycles. The second-order valence-electron chi connectivity index (χ2n) is 8.45. The minimum atomic E-state index is -0.252. The molecular weight excluding hydrogens is 460 g/mol. The SMILES string of the molecule is CC1=C(c2nc(-c3ccccc3)no2)C(c2ccc(C)cc2)NC(=S)N1c1ccc2c(c1)OCO2. The number of benzene rings is 3. The van der Waals surface area contributed by atoms with Crippen LogP contribution in [-0.4, -0.2) is 22.0 Å². The molecule has 2 aliphatic rings. The first kappa shape index (κ1) is 21.4. The number of fused-ring (bicyclic) bond motifs is 1. The number of hydrogen-bond donors (Lipinski definition) is 1. The van der Waals surface area contributed by atoms with E-state index in [0.29, 0.717) is 28.3 Å². The van der Waals surface area contributed by atoms with Gasteiger partial charge in [-0.2, -0.15) is 4.98 Å². The van der Waals surface area contributed by atoms with Crippen molar-refractivity contribution in [3.05, 3.63) is 95.5 Å². The van der Waals surface area contributed by atoms with Gasteiger partial charge in [-0.15, -0.1) is 0 Å². The summed E-state index contributed by atoms with van der Waals surface area (Å²) in [7, 11) is 0. The molecule has 3 heterocycles. The maximum absolute atomic E-state index is 5.84. The van der Waals surface area contributed by atoms with Crippen molar-refractivity contribution in [2.75, 3.05) is 11.7 Å². The van der Waals surface area contributed by atoms with Gasteiger partial charge >= 0.3 is 0 Å². The average Bonchev–Trinajstić information content (AvgIpc) is 3.54. The van der Waals surface area contributed by atoms with Crippen LogP contribution in [0.4, 0.5) is 5.69 Å². The Kier molecular flexibility index (Phi) is 5.22. The van der Waals surface area contributed by atoms with Crippen LogP contribution in [0.25, 0.3) is 17.0 Å². The summed E-state index contributed by atoms with van der Waals surface area (Å²) in [4.78, 5) is 6.73. The van der Waals surface area contributed by atoms with Crippen LogP contribution in [0.2, 0.25) is 0 Å². The van der Waals surface area contributed by atoms with E-state index in [1.54, 1.807) is 0 Å². The van der Waals surface area contributed by atoms with E-state index in [1.165, 1.54) is 5.56 Å². The van der Waals surface area contributed by atoms with Gasteiger partial charge < -0.3 is 19.3 Å². The lowest BCUT2D eigenvalue weighted by atomic mass is 9.94. The highest BCUT2D eigenvalue weighted by atomic mass is 32.1. The standard InChI is InChI=1S/C27H22N4O3S/c1-16-8-10-18(11-9-16)24-23(26-29-25(30-34-26)19-6-4-3-5-7-19)17(2)31(27(35)28-24)20-12-13-21-22(14-20)33-15-32-21/h3-14,24H,15H2,1-2H3,(H,28,35). The first-order valence-corrected chi connectivity index (χ1v) is 11.7. The zero-order valence-corrected chi connectivity index (χ0v) is 20.0. The van der Waals surface area contributed by atoms with E-state index in [9.17, 15) is 0 Å². The van der Waals surface area contributed by atoms with Crippen molar-refractivity contribution >= 4 is 28.6 Å². The normalized spacial score (nSPS) is 17.0. The summed E-state index contributed by atoms with van der Waals surface area (Å²) in [6.07, 6.45) is 0. The summed E-state index contributed by atoms with van der Waals surface area (Å²) in [6, 6.07) is 23.6. The van der Waals surface area contributed by atoms with Gasteiger partial charge in [-0.25, -0.2) is 0 Å². The summed E-state index contributed by atoms with van der Waals surface area (Å²) in [5.41, 5.74) is 5.72. The van der Waals surface area contributed by atoms with Crippen LogP contribution in [-0.2, 0) is 0 Å². The molecule has 6 rings (SSSR count). The van der Waals surface area contributed by atoms with Crippen LogP contribution in [0.15, 0.2) is 83.0 Å². The Morgan fingerprint density at radius 1 is 0.943 bits per heavy atom. The number of hydrogen-bond acceptors (Lipinski definition) is 6. The molecule has 0 saturated carbocycles. The molecule has 1 N–H and O–H groups in total. The molecule has 0 saturated heterocycles. The third-order valence-electron chi connectivity index (χ3n) is 6.20. The first-order valence-electron chi connectivity index (χ1n) is 11.3. The fraction of sp³-hybridized carbons (Fsp3) is 0.148. The minimum absolute atomic E-state index is 0.210. The Morgan fingerprint density at radius 2 is 1.71 bits per heavy atom. The molecule has 0 radical (unpaired) electrons. The number of aryl methyl sites for hydroxylation is 1. The van der Waals surface area contributed by atoms with Crippen LogP contribution in [0, 0.1) is 6.92 Å². The van der Waals surface area contributed by atoms with Crippen molar-refractivity contribution in [1.29, 1.82) is 0 Å². The Balaban J connectivity index is 1.49. The highest BCUT2D eigenvalue weighted by Crippen LogP contribution is 2.42. The molecule has 35 heavy (non-hydrogen) atoms. The number of aromatic nitrogens is 2. The van der Waals surface area contributed by atoms with Crippen molar-refractivity contribution in [3.8, 4) is 22.9 Å². The van der Waals surface area contributed by atoms with Crippen LogP contribution >= 0.6 is 12.2 Å². The second-order valence-corrected chi connectivity index (χ2v) is 8.84. The molecular formula is C27H22N4O3S. The summed E-state index contributed by atoms with van der Waals surface area (Å²) >= 11 is 5.84. The number of ether oxygens (including phenoxy) is 2. The highest BCUT2D eigenvalue weighted by molar-refractivity contribution is 7.80. The fourth-order valence-corrected chi connectivity index (χ4v) is 4.76. The number of anilines is 1. The van der Waals surface area contributed by atoms with Crippen LogP contribution < -0.4 is 19.7 Å². The van der Waals surface area contributed by atoms with Crippen molar-refractivity contribution in [2.24, 2.45) is 0 Å². The van der Waals surface area contributed by atoms with E-state index in [1.807, 2.05) is 60.4 Å². The number of nitrogens with one attached hydrogen (secondary N) is 1. The van der Waals surface area contributed by atoms with Crippen molar-refractivity contribution in [3.63, 3.8) is 0 Å². The van der Waals surface area contributed by atoms with Crippen molar-refractivity contribution < 1.29 is 14.0 Å². The van der Waals surface area contributed by atoms with Gasteiger partial charge in [-0.3, -0.25) is 4.90 Å². The molecule has 1 aromatic heterocycles. The van der Waals surface area contributed by atoms with E-state index in [0.717, 1.165) is 28.1 Å². The molecule has 1 unspecified atom stereocenters. The largest absolute Gasteiger partial charge is 0.454 e. The predicted molar refractivity (Wildman–Crippen MR) is 137 cm³/mol. The van der Waals surface area contributed by atoms with Gasteiger partial charge in [0.25, 0.3) is 5.89 Å². The Morgan fingerprint density at radius 3 is 2.51 bits per heavy atom. The van der Waals surface area contributed by atoms with E-state index in [-0.39, 0.29) is 12.8 Å². The van der Waals surface area contributed by atoms with Crippen LogP contribution in [0.5, 0.6) is 11.5 Å². The second kappa shape index (κ2) is 8.56. The monoisotopic (exact) mass is 482 g/mol. The maximum atomic E-state index is 5.84. The predicted octanol–water partition coefficient (Wildman–Crippen LogP) is 5.64. The maximum Gasteiger partial charge on any atom is 0.258 e. The minimum Gasteiger partial charge on any atom is -0.454 e. The quantitative estimate of drug-likeness (QED) is 0.375. The lowest BCUT2D eigenvalue weighted by Crippen LogP contribution is -2.46. The van der Waals surface area contributed by atoms with Crippen LogP contribution in [0.1, 0.15) is 30.0 Å². The first-order chi connectivity index (χ1) is 17.1. The lowest BCUT2D eigenvalue weighted by molar-refractivity contribution is 0.174. The molecule has 8 heteroatoms. The molecule has 3 aromatic carbocycles. The summed E-state index contributed by atoms with van der Waals surface area (Å²) in [5, 5.41) is 8.33. The molecule has 4 aromatic rings. The van der Waals surface area contributed by atoms with Crippen LogP contribution in [0.3, 0.4) is 0 Å². The summed E-state index contributed by atoms with van der Waals surface area (Å²) < 4.78 is 16.9. The smallest absolute Gasteiger partial charge is 0.258 e. The van der Waals surface area contributed by atoms with Gasteiger partial charge in [0.2, 0.25) is 12.6 Å². The van der Waals surface area contributed by atoms with Gasteiger partial charge in [-0.05, 0) is 43.8 Å². The van der Waals surface area contributed by atoms with Crippen molar-refractivity contribution in [1.82, 2.24) is 15.5 Å². The van der Waals surface area contributed by atoms with E-state index in [2.05, 4.69) is 41.7 Å². The Bertz CT molecular complexity index is 1450. The van der Waals surface area contributed by atoms with Gasteiger partial charge in [0.15, 0.2) is 16.6 Å². The Labute approximate surface area is 208 Å². The third kappa shape index (κ3) is 3.81. The Hall–Kier alpha value is -4.17. The summed E-state index contributed by atoms with van der Waals surface area (Å²) in [5.74, 6) is 2.37. The molecule has 0 fully saturated rings. The molecule has 1 atom stereocenters. The fourth-order valence-electron chi connectivity index (χ4n) is 4.40. The number of allylic oxidation sites excluding steroid dienone is 1.